The molecule has 2 aliphatic heterocycles. The first-order chi connectivity index (χ1) is 14.9. The minimum Gasteiger partial charge on any atom is -0.338 e. The normalized spacial score (nSPS) is 19.1. The number of fused-ring (bicyclic) bond motifs is 1. The first kappa shape index (κ1) is 21.6. The molecular formula is C24H30F2N4O. The topological polar surface area (TPSA) is 38.8 Å². The molecular weight excluding hydrogens is 398 g/mol. The number of nitrogens with one attached hydrogen (secondary N) is 1. The van der Waals surface area contributed by atoms with Crippen molar-refractivity contribution in [2.24, 2.45) is 5.92 Å². The number of likely N-dealkylation sites (tertiary alicyclic amines) is 1. The Morgan fingerprint density at radius 1 is 1.03 bits per heavy atom. The van der Waals surface area contributed by atoms with Crippen molar-refractivity contribution in [3.63, 3.8) is 0 Å². The number of benzene rings is 2. The lowest BCUT2D eigenvalue weighted by atomic mass is 10.1. The van der Waals surface area contributed by atoms with Crippen molar-refractivity contribution in [3.8, 4) is 0 Å². The van der Waals surface area contributed by atoms with E-state index in [9.17, 15) is 13.6 Å². The van der Waals surface area contributed by atoms with E-state index in [-0.39, 0.29) is 17.7 Å². The standard InChI is InChI=1S/C24H30F2N4O/c1-17(2)16-28-11-3-4-21(28)15-27-24(31)30-13-12-29(20-8-5-18(25)6-9-20)23-14-19(26)7-10-22(23)30/h5-10,14,17,21H,3-4,11-13,15-16H2,1-2H3,(H,27,31)/t21-/m1/s1. The zero-order chi connectivity index (χ0) is 22.0. The maximum atomic E-state index is 14.1. The monoisotopic (exact) mass is 428 g/mol. The fraction of sp³-hybridized carbons (Fsp3) is 0.458. The summed E-state index contributed by atoms with van der Waals surface area (Å²) in [5, 5.41) is 3.10. The highest BCUT2D eigenvalue weighted by molar-refractivity contribution is 5.98. The minimum atomic E-state index is -0.372. The molecule has 2 aromatic rings. The summed E-state index contributed by atoms with van der Waals surface area (Å²) in [6, 6.07) is 10.7. The van der Waals surface area contributed by atoms with Crippen LogP contribution in [0.2, 0.25) is 0 Å². The van der Waals surface area contributed by atoms with E-state index in [1.54, 1.807) is 23.1 Å². The summed E-state index contributed by atoms with van der Waals surface area (Å²) in [7, 11) is 0. The number of urea groups is 1. The van der Waals surface area contributed by atoms with Crippen molar-refractivity contribution >= 4 is 23.1 Å². The maximum Gasteiger partial charge on any atom is 0.322 e. The molecule has 0 aromatic heterocycles. The van der Waals surface area contributed by atoms with Gasteiger partial charge in [-0.1, -0.05) is 13.8 Å². The predicted octanol–water partition coefficient (Wildman–Crippen LogP) is 4.75. The van der Waals surface area contributed by atoms with E-state index in [1.165, 1.54) is 24.3 Å². The van der Waals surface area contributed by atoms with Gasteiger partial charge in [0.2, 0.25) is 0 Å². The third kappa shape index (κ3) is 4.82. The average Bonchev–Trinajstić information content (AvgIpc) is 3.18. The summed E-state index contributed by atoms with van der Waals surface area (Å²) in [6.45, 7) is 8.12. The van der Waals surface area contributed by atoms with Crippen LogP contribution in [-0.2, 0) is 0 Å². The number of rotatable bonds is 5. The summed E-state index contributed by atoms with van der Waals surface area (Å²) >= 11 is 0. The van der Waals surface area contributed by atoms with Crippen molar-refractivity contribution in [1.82, 2.24) is 10.2 Å². The zero-order valence-electron chi connectivity index (χ0n) is 18.2. The molecule has 0 bridgehead atoms. The van der Waals surface area contributed by atoms with Gasteiger partial charge in [0.25, 0.3) is 0 Å². The first-order valence-electron chi connectivity index (χ1n) is 11.0. The molecule has 5 nitrogen and oxygen atoms in total. The number of anilines is 3. The van der Waals surface area contributed by atoms with Gasteiger partial charge in [-0.3, -0.25) is 9.80 Å². The molecule has 1 saturated heterocycles. The van der Waals surface area contributed by atoms with Gasteiger partial charge >= 0.3 is 6.03 Å². The molecule has 1 atom stereocenters. The molecule has 0 unspecified atom stereocenters. The second-order valence-electron chi connectivity index (χ2n) is 8.78. The van der Waals surface area contributed by atoms with E-state index in [4.69, 9.17) is 0 Å². The molecule has 166 valence electrons. The van der Waals surface area contributed by atoms with Crippen LogP contribution < -0.4 is 15.1 Å². The number of carbonyl (C=O) groups excluding carboxylic acids is 1. The quantitative estimate of drug-likeness (QED) is 0.747. The van der Waals surface area contributed by atoms with Gasteiger partial charge in [-0.2, -0.15) is 0 Å². The molecule has 1 N–H and O–H groups in total. The van der Waals surface area contributed by atoms with Crippen LogP contribution in [0, 0.1) is 17.6 Å². The van der Waals surface area contributed by atoms with E-state index in [1.807, 2.05) is 4.90 Å². The second-order valence-corrected chi connectivity index (χ2v) is 8.78. The maximum absolute atomic E-state index is 14.1. The molecule has 0 aliphatic carbocycles. The Kier molecular flexibility index (Phi) is 6.41. The van der Waals surface area contributed by atoms with Crippen LogP contribution >= 0.6 is 0 Å². The minimum absolute atomic E-state index is 0.164. The van der Waals surface area contributed by atoms with Crippen molar-refractivity contribution < 1.29 is 13.6 Å². The first-order valence-corrected chi connectivity index (χ1v) is 11.0. The fourth-order valence-electron chi connectivity index (χ4n) is 4.62. The van der Waals surface area contributed by atoms with Gasteiger partial charge in [0, 0.05) is 37.9 Å². The molecule has 2 heterocycles. The second kappa shape index (κ2) is 9.22. The lowest BCUT2D eigenvalue weighted by Gasteiger charge is -2.38. The number of nitrogens with zero attached hydrogens (tertiary/aromatic N) is 3. The summed E-state index contributed by atoms with van der Waals surface area (Å²) in [6.07, 6.45) is 2.25. The van der Waals surface area contributed by atoms with Crippen LogP contribution in [0.15, 0.2) is 42.5 Å². The van der Waals surface area contributed by atoms with Crippen LogP contribution in [0.3, 0.4) is 0 Å². The SMILES string of the molecule is CC(C)CN1CCC[C@@H]1CNC(=O)N1CCN(c2ccc(F)cc2)c2cc(F)ccc21. The van der Waals surface area contributed by atoms with Gasteiger partial charge in [-0.05, 0) is 67.8 Å². The molecule has 2 amide bonds. The number of halogens is 2. The molecule has 7 heteroatoms. The largest absolute Gasteiger partial charge is 0.338 e. The number of hydrogen-bond donors (Lipinski definition) is 1. The van der Waals surface area contributed by atoms with Crippen LogP contribution in [-0.4, -0.2) is 49.7 Å². The van der Waals surface area contributed by atoms with Gasteiger partial charge < -0.3 is 10.2 Å². The lowest BCUT2D eigenvalue weighted by molar-refractivity contribution is 0.215. The van der Waals surface area contributed by atoms with Crippen LogP contribution in [0.4, 0.5) is 30.6 Å². The summed E-state index contributed by atoms with van der Waals surface area (Å²) in [5.74, 6) is -0.0966. The van der Waals surface area contributed by atoms with E-state index in [0.29, 0.717) is 43.0 Å². The highest BCUT2D eigenvalue weighted by Crippen LogP contribution is 2.38. The molecule has 31 heavy (non-hydrogen) atoms. The van der Waals surface area contributed by atoms with Gasteiger partial charge in [-0.15, -0.1) is 0 Å². The average molecular weight is 429 g/mol. The van der Waals surface area contributed by atoms with E-state index in [0.717, 1.165) is 31.6 Å². The lowest BCUT2D eigenvalue weighted by Crippen LogP contribution is -2.50. The Hall–Kier alpha value is -2.67. The Balaban J connectivity index is 1.49. The summed E-state index contributed by atoms with van der Waals surface area (Å²) in [5.41, 5.74) is 2.03. The third-order valence-corrected chi connectivity index (χ3v) is 6.04. The molecule has 0 spiro atoms. The van der Waals surface area contributed by atoms with Gasteiger partial charge in [0.1, 0.15) is 11.6 Å². The van der Waals surface area contributed by atoms with Gasteiger partial charge in [-0.25, -0.2) is 13.6 Å². The summed E-state index contributed by atoms with van der Waals surface area (Å²) in [4.78, 5) is 19.1. The van der Waals surface area contributed by atoms with Crippen molar-refractivity contribution in [1.29, 1.82) is 0 Å². The molecule has 0 radical (unpaired) electrons. The van der Waals surface area contributed by atoms with Crippen LogP contribution in [0.5, 0.6) is 0 Å². The van der Waals surface area contributed by atoms with Gasteiger partial charge in [0.05, 0.1) is 11.4 Å². The Labute approximate surface area is 182 Å². The Morgan fingerprint density at radius 3 is 2.52 bits per heavy atom. The molecule has 2 aliphatic rings. The van der Waals surface area contributed by atoms with Gasteiger partial charge in [0.15, 0.2) is 0 Å². The zero-order valence-corrected chi connectivity index (χ0v) is 18.2. The smallest absolute Gasteiger partial charge is 0.322 e. The van der Waals surface area contributed by atoms with E-state index in [2.05, 4.69) is 24.1 Å². The van der Waals surface area contributed by atoms with E-state index >= 15 is 0 Å². The molecule has 2 aromatic carbocycles. The molecule has 4 rings (SSSR count). The Bertz CT molecular complexity index is 918. The summed E-state index contributed by atoms with van der Waals surface area (Å²) < 4.78 is 27.4. The third-order valence-electron chi connectivity index (χ3n) is 6.04. The van der Waals surface area contributed by atoms with E-state index < -0.39 is 0 Å². The van der Waals surface area contributed by atoms with Crippen molar-refractivity contribution in [2.75, 3.05) is 42.5 Å². The molecule has 1 fully saturated rings. The Morgan fingerprint density at radius 2 is 1.77 bits per heavy atom. The highest BCUT2D eigenvalue weighted by atomic mass is 19.1. The number of hydrogen-bond acceptors (Lipinski definition) is 3. The van der Waals surface area contributed by atoms with Crippen molar-refractivity contribution in [2.45, 2.75) is 32.7 Å². The highest BCUT2D eigenvalue weighted by Gasteiger charge is 2.30. The van der Waals surface area contributed by atoms with Crippen molar-refractivity contribution in [3.05, 3.63) is 54.1 Å². The number of amides is 2. The fourth-order valence-corrected chi connectivity index (χ4v) is 4.62. The number of carbonyl (C=O) groups is 1. The van der Waals surface area contributed by atoms with Crippen LogP contribution in [0.1, 0.15) is 26.7 Å². The van der Waals surface area contributed by atoms with Crippen LogP contribution in [0.25, 0.3) is 0 Å². The molecule has 0 saturated carbocycles. The predicted molar refractivity (Wildman–Crippen MR) is 120 cm³/mol.